The number of aryl methyl sites for hydroxylation is 2. The molecule has 0 bridgehead atoms. The third-order valence-corrected chi connectivity index (χ3v) is 5.91. The Morgan fingerprint density at radius 3 is 2.77 bits per heavy atom. The van der Waals surface area contributed by atoms with Crippen LogP contribution in [0.1, 0.15) is 43.4 Å². The number of carbonyl (C=O) groups excluding carboxylic acids is 1. The average molecular weight is 433 g/mol. The third-order valence-electron chi connectivity index (χ3n) is 5.02. The normalized spacial score (nSPS) is 10.9. The van der Waals surface area contributed by atoms with Crippen molar-refractivity contribution in [3.63, 3.8) is 0 Å². The zero-order chi connectivity index (χ0) is 21.8. The molecule has 3 aromatic heterocycles. The van der Waals surface area contributed by atoms with Crippen LogP contribution in [0.5, 0.6) is 0 Å². The molecule has 158 valence electrons. The Morgan fingerprint density at radius 2 is 2.00 bits per heavy atom. The first-order valence-electron chi connectivity index (χ1n) is 9.98. The summed E-state index contributed by atoms with van der Waals surface area (Å²) in [6.45, 7) is 4.77. The predicted molar refractivity (Wildman–Crippen MR) is 122 cm³/mol. The number of hydrogen-bond donors (Lipinski definition) is 2. The number of rotatable bonds is 7. The van der Waals surface area contributed by atoms with Crippen molar-refractivity contribution in [3.8, 4) is 0 Å². The Balaban J connectivity index is 1.36. The molecule has 0 saturated heterocycles. The molecule has 0 spiro atoms. The highest BCUT2D eigenvalue weighted by Gasteiger charge is 2.12. The van der Waals surface area contributed by atoms with Gasteiger partial charge in [-0.05, 0) is 36.6 Å². The highest BCUT2D eigenvalue weighted by atomic mass is 32.1. The highest BCUT2D eigenvalue weighted by molar-refractivity contribution is 7.09. The molecular formula is C23H24N6OS. The van der Waals surface area contributed by atoms with Crippen LogP contribution in [0.3, 0.4) is 0 Å². The van der Waals surface area contributed by atoms with Gasteiger partial charge in [-0.3, -0.25) is 9.48 Å². The second kappa shape index (κ2) is 9.09. The van der Waals surface area contributed by atoms with E-state index in [-0.39, 0.29) is 5.91 Å². The number of nitrogens with one attached hydrogen (secondary N) is 1. The molecule has 0 fully saturated rings. The lowest BCUT2D eigenvalue weighted by Gasteiger charge is -2.10. The minimum Gasteiger partial charge on any atom is -0.384 e. The Labute approximate surface area is 185 Å². The molecule has 3 N–H and O–H groups in total. The van der Waals surface area contributed by atoms with Gasteiger partial charge < -0.3 is 11.1 Å². The van der Waals surface area contributed by atoms with Crippen LogP contribution in [0.25, 0.3) is 0 Å². The van der Waals surface area contributed by atoms with Crippen molar-refractivity contribution in [2.45, 2.75) is 33.4 Å². The first-order chi connectivity index (χ1) is 15.0. The number of nitrogens with two attached hydrogens (primary N) is 1. The first kappa shape index (κ1) is 20.7. The SMILES string of the molecule is Cc1cc(N)nc(C)c1CNC(=O)c1cnn(Cc2csc(Cc3ccccc3)n2)c1. The summed E-state index contributed by atoms with van der Waals surface area (Å²) in [5.74, 6) is 0.310. The van der Waals surface area contributed by atoms with E-state index in [1.807, 2.05) is 43.5 Å². The number of carbonyl (C=O) groups is 1. The average Bonchev–Trinajstić information content (AvgIpc) is 3.38. The number of pyridine rings is 1. The summed E-state index contributed by atoms with van der Waals surface area (Å²) < 4.78 is 1.73. The van der Waals surface area contributed by atoms with E-state index < -0.39 is 0 Å². The molecule has 4 aromatic rings. The number of nitrogens with zero attached hydrogens (tertiary/aromatic N) is 4. The molecule has 0 aliphatic carbocycles. The molecule has 0 radical (unpaired) electrons. The maximum atomic E-state index is 12.6. The molecule has 0 saturated carbocycles. The van der Waals surface area contributed by atoms with Crippen LogP contribution >= 0.6 is 11.3 Å². The molecule has 7 nitrogen and oxygen atoms in total. The van der Waals surface area contributed by atoms with Gasteiger partial charge in [0.25, 0.3) is 5.91 Å². The van der Waals surface area contributed by atoms with E-state index >= 15 is 0 Å². The van der Waals surface area contributed by atoms with Crippen molar-refractivity contribution < 1.29 is 4.79 Å². The summed E-state index contributed by atoms with van der Waals surface area (Å²) in [6, 6.07) is 12.1. The fourth-order valence-electron chi connectivity index (χ4n) is 3.43. The van der Waals surface area contributed by atoms with Gasteiger partial charge in [-0.1, -0.05) is 30.3 Å². The van der Waals surface area contributed by atoms with E-state index in [0.29, 0.717) is 24.5 Å². The van der Waals surface area contributed by atoms with Crippen LogP contribution in [0.2, 0.25) is 0 Å². The van der Waals surface area contributed by atoms with Gasteiger partial charge in [0.1, 0.15) is 5.82 Å². The topological polar surface area (TPSA) is 98.7 Å². The molecule has 8 heteroatoms. The number of anilines is 1. The standard InChI is InChI=1S/C23H24N6OS/c1-15-8-21(24)27-16(2)20(15)11-25-23(30)18-10-26-29(12-18)13-19-14-31-22(28-19)9-17-6-4-3-5-7-17/h3-8,10,12,14H,9,11,13H2,1-2H3,(H2,24,27)(H,25,30). The van der Waals surface area contributed by atoms with Crippen molar-refractivity contribution in [2.24, 2.45) is 0 Å². The van der Waals surface area contributed by atoms with Gasteiger partial charge in [-0.2, -0.15) is 5.10 Å². The van der Waals surface area contributed by atoms with Crippen LogP contribution in [0.15, 0.2) is 54.2 Å². The second-order valence-electron chi connectivity index (χ2n) is 7.43. The Hall–Kier alpha value is -3.52. The summed E-state index contributed by atoms with van der Waals surface area (Å²) in [4.78, 5) is 21.5. The maximum absolute atomic E-state index is 12.6. The fraction of sp³-hybridized carbons (Fsp3) is 0.217. The molecule has 0 unspecified atom stereocenters. The van der Waals surface area contributed by atoms with Crippen LogP contribution in [0, 0.1) is 13.8 Å². The van der Waals surface area contributed by atoms with Crippen molar-refractivity contribution in [1.82, 2.24) is 25.1 Å². The van der Waals surface area contributed by atoms with E-state index in [2.05, 4.69) is 27.5 Å². The molecule has 0 atom stereocenters. The van der Waals surface area contributed by atoms with E-state index in [1.54, 1.807) is 28.4 Å². The zero-order valence-corrected chi connectivity index (χ0v) is 18.3. The van der Waals surface area contributed by atoms with E-state index in [0.717, 1.165) is 33.9 Å². The summed E-state index contributed by atoms with van der Waals surface area (Å²) in [7, 11) is 0. The van der Waals surface area contributed by atoms with Crippen molar-refractivity contribution >= 4 is 23.1 Å². The number of amides is 1. The van der Waals surface area contributed by atoms with Gasteiger partial charge in [0.15, 0.2) is 0 Å². The minimum absolute atomic E-state index is 0.176. The quantitative estimate of drug-likeness (QED) is 0.466. The minimum atomic E-state index is -0.176. The monoisotopic (exact) mass is 432 g/mol. The van der Waals surface area contributed by atoms with Crippen molar-refractivity contribution in [2.75, 3.05) is 5.73 Å². The molecule has 0 aliphatic rings. The summed E-state index contributed by atoms with van der Waals surface area (Å²) in [6.07, 6.45) is 4.14. The molecule has 1 amide bonds. The lowest BCUT2D eigenvalue weighted by atomic mass is 10.1. The summed E-state index contributed by atoms with van der Waals surface area (Å²) in [5.41, 5.74) is 11.3. The van der Waals surface area contributed by atoms with E-state index in [4.69, 9.17) is 10.7 Å². The number of hydrogen-bond acceptors (Lipinski definition) is 6. The Kier molecular flexibility index (Phi) is 6.08. The van der Waals surface area contributed by atoms with Crippen LogP contribution in [-0.2, 0) is 19.5 Å². The highest BCUT2D eigenvalue weighted by Crippen LogP contribution is 2.16. The zero-order valence-electron chi connectivity index (χ0n) is 17.5. The van der Waals surface area contributed by atoms with Gasteiger partial charge in [0, 0.05) is 30.2 Å². The fourth-order valence-corrected chi connectivity index (χ4v) is 4.25. The number of nitrogen functional groups attached to an aromatic ring is 1. The molecule has 31 heavy (non-hydrogen) atoms. The van der Waals surface area contributed by atoms with Gasteiger partial charge in [-0.15, -0.1) is 11.3 Å². The van der Waals surface area contributed by atoms with Crippen LogP contribution in [0.4, 0.5) is 5.82 Å². The van der Waals surface area contributed by atoms with Gasteiger partial charge in [-0.25, -0.2) is 9.97 Å². The van der Waals surface area contributed by atoms with Crippen molar-refractivity contribution in [3.05, 3.63) is 92.8 Å². The smallest absolute Gasteiger partial charge is 0.254 e. The van der Waals surface area contributed by atoms with Gasteiger partial charge in [0.05, 0.1) is 29.0 Å². The lowest BCUT2D eigenvalue weighted by Crippen LogP contribution is -2.23. The molecule has 4 rings (SSSR count). The number of aromatic nitrogens is 4. The first-order valence-corrected chi connectivity index (χ1v) is 10.9. The van der Waals surface area contributed by atoms with Crippen molar-refractivity contribution in [1.29, 1.82) is 0 Å². The number of benzene rings is 1. The molecule has 3 heterocycles. The largest absolute Gasteiger partial charge is 0.384 e. The second-order valence-corrected chi connectivity index (χ2v) is 8.37. The van der Waals surface area contributed by atoms with Crippen LogP contribution in [-0.4, -0.2) is 25.7 Å². The summed E-state index contributed by atoms with van der Waals surface area (Å²) in [5, 5.41) is 10.4. The van der Waals surface area contributed by atoms with Gasteiger partial charge in [0.2, 0.25) is 0 Å². The Morgan fingerprint density at radius 1 is 1.19 bits per heavy atom. The summed E-state index contributed by atoms with van der Waals surface area (Å²) >= 11 is 1.64. The number of thiazole rings is 1. The van der Waals surface area contributed by atoms with Crippen LogP contribution < -0.4 is 11.1 Å². The lowest BCUT2D eigenvalue weighted by molar-refractivity contribution is 0.0950. The maximum Gasteiger partial charge on any atom is 0.254 e. The van der Waals surface area contributed by atoms with Gasteiger partial charge >= 0.3 is 0 Å². The third kappa shape index (κ3) is 5.16. The van der Waals surface area contributed by atoms with E-state index in [9.17, 15) is 4.79 Å². The predicted octanol–water partition coefficient (Wildman–Crippen LogP) is 3.50. The molecule has 1 aromatic carbocycles. The Bertz CT molecular complexity index is 1170. The molecule has 0 aliphatic heterocycles. The molecular weight excluding hydrogens is 408 g/mol. The van der Waals surface area contributed by atoms with E-state index in [1.165, 1.54) is 5.56 Å².